The molecule has 48 valence electrons. The summed E-state index contributed by atoms with van der Waals surface area (Å²) in [4.78, 5) is 0. The van der Waals surface area contributed by atoms with Crippen LogP contribution < -0.4 is 0 Å². The minimum atomic E-state index is 0.299. The molecule has 1 N–H and O–H groups in total. The van der Waals surface area contributed by atoms with Crippen LogP contribution in [0.4, 0.5) is 0 Å². The number of aliphatic hydroxyl groups excluding tert-OH is 1. The highest BCUT2D eigenvalue weighted by Gasteiger charge is 1.94. The monoisotopic (exact) mass is 114 g/mol. The summed E-state index contributed by atoms with van der Waals surface area (Å²) in [5, 5.41) is 8.53. The van der Waals surface area contributed by atoms with Crippen molar-refractivity contribution in [1.29, 1.82) is 0 Å². The zero-order valence-corrected chi connectivity index (χ0v) is 5.43. The molecule has 0 saturated carbocycles. The first-order valence-electron chi connectivity index (χ1n) is 3.03. The molecule has 0 bridgehead atoms. The van der Waals surface area contributed by atoms with E-state index in [1.54, 1.807) is 0 Å². The summed E-state index contributed by atoms with van der Waals surface area (Å²) in [6.45, 7) is 5.92. The second kappa shape index (κ2) is 4.85. The fourth-order valence-corrected chi connectivity index (χ4v) is 0.494. The molecular formula is C7H14O. The smallest absolute Gasteiger partial charge is 0.0456 e. The molecule has 0 aliphatic carbocycles. The first kappa shape index (κ1) is 7.70. The van der Waals surface area contributed by atoms with Gasteiger partial charge in [0.15, 0.2) is 0 Å². The largest absolute Gasteiger partial charge is 0.396 e. The lowest BCUT2D eigenvalue weighted by Crippen LogP contribution is -1.98. The minimum absolute atomic E-state index is 0.299. The summed E-state index contributed by atoms with van der Waals surface area (Å²) in [6.07, 6.45) is 3.95. The zero-order chi connectivity index (χ0) is 6.41. The van der Waals surface area contributed by atoms with Gasteiger partial charge >= 0.3 is 0 Å². The number of hydrogen-bond acceptors (Lipinski definition) is 1. The van der Waals surface area contributed by atoms with Gasteiger partial charge < -0.3 is 5.11 Å². The van der Waals surface area contributed by atoms with Gasteiger partial charge in [-0.15, -0.1) is 6.58 Å². The van der Waals surface area contributed by atoms with Crippen molar-refractivity contribution in [2.75, 3.05) is 6.61 Å². The molecule has 0 heterocycles. The minimum Gasteiger partial charge on any atom is -0.396 e. The quantitative estimate of drug-likeness (QED) is 0.550. The van der Waals surface area contributed by atoms with Crippen LogP contribution in [0.1, 0.15) is 19.8 Å². The molecule has 1 nitrogen and oxygen atoms in total. The van der Waals surface area contributed by atoms with Crippen LogP contribution in [0.3, 0.4) is 0 Å². The lowest BCUT2D eigenvalue weighted by atomic mass is 10.1. The Morgan fingerprint density at radius 3 is 2.75 bits per heavy atom. The number of hydrogen-bond donors (Lipinski definition) is 1. The van der Waals surface area contributed by atoms with E-state index in [1.807, 2.05) is 13.0 Å². The first-order chi connectivity index (χ1) is 3.81. The van der Waals surface area contributed by atoms with Crippen LogP contribution in [-0.4, -0.2) is 11.7 Å². The van der Waals surface area contributed by atoms with E-state index >= 15 is 0 Å². The third kappa shape index (κ3) is 3.88. The molecule has 0 aliphatic rings. The topological polar surface area (TPSA) is 20.2 Å². The first-order valence-corrected chi connectivity index (χ1v) is 3.03. The number of rotatable bonds is 4. The molecule has 0 spiro atoms. The Bertz CT molecular complexity index is 59.4. The van der Waals surface area contributed by atoms with Gasteiger partial charge in [-0.3, -0.25) is 0 Å². The Morgan fingerprint density at radius 1 is 1.75 bits per heavy atom. The van der Waals surface area contributed by atoms with Crippen LogP contribution in [-0.2, 0) is 0 Å². The Kier molecular flexibility index (Phi) is 4.67. The maximum Gasteiger partial charge on any atom is 0.0456 e. The molecule has 0 radical (unpaired) electrons. The van der Waals surface area contributed by atoms with E-state index in [9.17, 15) is 0 Å². The van der Waals surface area contributed by atoms with Crippen molar-refractivity contribution in [3.63, 3.8) is 0 Å². The fraction of sp³-hybridized carbons (Fsp3) is 0.714. The number of allylic oxidation sites excluding steroid dienone is 1. The lowest BCUT2D eigenvalue weighted by Gasteiger charge is -2.02. The third-order valence-corrected chi connectivity index (χ3v) is 1.18. The second-order valence-corrected chi connectivity index (χ2v) is 2.15. The highest BCUT2D eigenvalue weighted by molar-refractivity contribution is 4.67. The average Bonchev–Trinajstić information content (AvgIpc) is 1.83. The SMILES string of the molecule is C=CCC[C@@H](C)CO. The van der Waals surface area contributed by atoms with Crippen LogP contribution in [0, 0.1) is 5.92 Å². The predicted molar refractivity (Wildman–Crippen MR) is 35.7 cm³/mol. The van der Waals surface area contributed by atoms with Gasteiger partial charge in [0.25, 0.3) is 0 Å². The van der Waals surface area contributed by atoms with Crippen molar-refractivity contribution >= 4 is 0 Å². The zero-order valence-electron chi connectivity index (χ0n) is 5.43. The lowest BCUT2D eigenvalue weighted by molar-refractivity contribution is 0.231. The van der Waals surface area contributed by atoms with Gasteiger partial charge in [-0.05, 0) is 18.8 Å². The molecule has 0 aromatic heterocycles. The van der Waals surface area contributed by atoms with E-state index in [0.29, 0.717) is 12.5 Å². The van der Waals surface area contributed by atoms with Crippen LogP contribution in [0.25, 0.3) is 0 Å². The van der Waals surface area contributed by atoms with Crippen molar-refractivity contribution in [2.24, 2.45) is 5.92 Å². The van der Waals surface area contributed by atoms with Crippen molar-refractivity contribution in [3.8, 4) is 0 Å². The van der Waals surface area contributed by atoms with Crippen LogP contribution in [0.15, 0.2) is 12.7 Å². The summed E-state index contributed by atoms with van der Waals surface area (Å²) >= 11 is 0. The van der Waals surface area contributed by atoms with Crippen molar-refractivity contribution in [2.45, 2.75) is 19.8 Å². The molecule has 0 rings (SSSR count). The Hall–Kier alpha value is -0.300. The van der Waals surface area contributed by atoms with Gasteiger partial charge in [0.05, 0.1) is 0 Å². The van der Waals surface area contributed by atoms with Crippen molar-refractivity contribution in [1.82, 2.24) is 0 Å². The number of aliphatic hydroxyl groups is 1. The normalized spacial score (nSPS) is 13.2. The second-order valence-electron chi connectivity index (χ2n) is 2.15. The van der Waals surface area contributed by atoms with E-state index in [-0.39, 0.29) is 0 Å². The Morgan fingerprint density at radius 2 is 2.38 bits per heavy atom. The summed E-state index contributed by atoms with van der Waals surface area (Å²) < 4.78 is 0. The summed E-state index contributed by atoms with van der Waals surface area (Å²) in [5.74, 6) is 0.438. The van der Waals surface area contributed by atoms with Crippen LogP contribution >= 0.6 is 0 Å². The summed E-state index contributed by atoms with van der Waals surface area (Å²) in [6, 6.07) is 0. The van der Waals surface area contributed by atoms with E-state index < -0.39 is 0 Å². The standard InChI is InChI=1S/C7H14O/c1-3-4-5-7(2)6-8/h3,7-8H,1,4-6H2,2H3/t7-/m1/s1. The van der Waals surface area contributed by atoms with Gasteiger partial charge in [-0.25, -0.2) is 0 Å². The van der Waals surface area contributed by atoms with Gasteiger partial charge in [0.2, 0.25) is 0 Å². The molecule has 1 atom stereocenters. The Labute approximate surface area is 51.0 Å². The van der Waals surface area contributed by atoms with Gasteiger partial charge in [-0.2, -0.15) is 0 Å². The molecule has 0 amide bonds. The van der Waals surface area contributed by atoms with Crippen LogP contribution in [0.5, 0.6) is 0 Å². The Balaban J connectivity index is 2.97. The maximum atomic E-state index is 8.53. The van der Waals surface area contributed by atoms with E-state index in [0.717, 1.165) is 12.8 Å². The van der Waals surface area contributed by atoms with Crippen molar-refractivity contribution in [3.05, 3.63) is 12.7 Å². The fourth-order valence-electron chi connectivity index (χ4n) is 0.494. The molecule has 1 heteroatoms. The molecule has 0 unspecified atom stereocenters. The van der Waals surface area contributed by atoms with E-state index in [2.05, 4.69) is 6.58 Å². The highest BCUT2D eigenvalue weighted by Crippen LogP contribution is 2.02. The van der Waals surface area contributed by atoms with Gasteiger partial charge in [-0.1, -0.05) is 13.0 Å². The van der Waals surface area contributed by atoms with Crippen molar-refractivity contribution < 1.29 is 5.11 Å². The molecule has 8 heavy (non-hydrogen) atoms. The summed E-state index contributed by atoms with van der Waals surface area (Å²) in [7, 11) is 0. The van der Waals surface area contributed by atoms with E-state index in [1.165, 1.54) is 0 Å². The van der Waals surface area contributed by atoms with E-state index in [4.69, 9.17) is 5.11 Å². The predicted octanol–water partition coefficient (Wildman–Crippen LogP) is 1.58. The molecule has 0 aromatic rings. The van der Waals surface area contributed by atoms with Gasteiger partial charge in [0, 0.05) is 6.61 Å². The highest BCUT2D eigenvalue weighted by atomic mass is 16.3. The maximum absolute atomic E-state index is 8.53. The average molecular weight is 114 g/mol. The third-order valence-electron chi connectivity index (χ3n) is 1.18. The molecular weight excluding hydrogens is 100 g/mol. The van der Waals surface area contributed by atoms with Gasteiger partial charge in [0.1, 0.15) is 0 Å². The molecule has 0 aromatic carbocycles. The molecule has 0 aliphatic heterocycles. The summed E-state index contributed by atoms with van der Waals surface area (Å²) in [5.41, 5.74) is 0. The molecule has 0 fully saturated rings. The van der Waals surface area contributed by atoms with Crippen LogP contribution in [0.2, 0.25) is 0 Å². The molecule has 0 saturated heterocycles.